The molecule has 8 N–H and O–H groups in total. The van der Waals surface area contributed by atoms with Crippen LogP contribution in [0.4, 0.5) is 0 Å². The number of aliphatic hydroxyl groups is 6. The molecule has 1 aromatic carbocycles. The molecule has 0 bridgehead atoms. The van der Waals surface area contributed by atoms with Crippen molar-refractivity contribution in [2.24, 2.45) is 0 Å². The molecule has 2 saturated heterocycles. The van der Waals surface area contributed by atoms with Gasteiger partial charge < -0.3 is 59.8 Å². The summed E-state index contributed by atoms with van der Waals surface area (Å²) in [5.74, 6) is -2.02. The van der Waals surface area contributed by atoms with Crippen LogP contribution >= 0.6 is 0 Å². The number of phenolic OH excluding ortho intramolecular Hbond substituents is 2. The minimum absolute atomic E-state index is 0.220. The Morgan fingerprint density at radius 3 is 2.06 bits per heavy atom. The van der Waals surface area contributed by atoms with Crippen LogP contribution in [-0.2, 0) is 14.2 Å². The molecule has 2 aliphatic rings. The SMILES string of the molecule is CC(=O)c1c(O)cc(O[C@@H]2O[C@H](CO)[C@@H](O)[C@H](O)[C@H]2O[C@@H]2O[C@@H](C)[C@H](O)[C@@H](O)[C@H]2O)cc1O. The summed E-state index contributed by atoms with van der Waals surface area (Å²) in [6.07, 6.45) is -15.2. The van der Waals surface area contributed by atoms with Crippen molar-refractivity contribution in [3.63, 3.8) is 0 Å². The van der Waals surface area contributed by atoms with Crippen molar-refractivity contribution in [3.05, 3.63) is 17.7 Å². The van der Waals surface area contributed by atoms with Crippen LogP contribution in [0.2, 0.25) is 0 Å². The third-order valence-corrected chi connectivity index (χ3v) is 5.60. The van der Waals surface area contributed by atoms with Gasteiger partial charge in [0.05, 0.1) is 12.7 Å². The summed E-state index contributed by atoms with van der Waals surface area (Å²) in [5.41, 5.74) is -0.344. The number of aromatic hydroxyl groups is 2. The van der Waals surface area contributed by atoms with Crippen molar-refractivity contribution in [2.45, 2.75) is 75.3 Å². The molecule has 2 aliphatic heterocycles. The van der Waals surface area contributed by atoms with Crippen molar-refractivity contribution in [1.29, 1.82) is 0 Å². The number of hydrogen-bond donors (Lipinski definition) is 8. The zero-order valence-corrected chi connectivity index (χ0v) is 17.8. The van der Waals surface area contributed by atoms with E-state index < -0.39 is 85.3 Å². The molecular weight excluding hydrogens is 448 g/mol. The molecular formula is C20H28O13. The minimum Gasteiger partial charge on any atom is -0.507 e. The van der Waals surface area contributed by atoms with Crippen LogP contribution in [0.25, 0.3) is 0 Å². The summed E-state index contributed by atoms with van der Waals surface area (Å²) in [6.45, 7) is 1.83. The number of carbonyl (C=O) groups is 1. The Morgan fingerprint density at radius 2 is 1.52 bits per heavy atom. The zero-order chi connectivity index (χ0) is 24.6. The number of ether oxygens (including phenoxy) is 4. The average molecular weight is 476 g/mol. The van der Waals surface area contributed by atoms with Gasteiger partial charge in [-0.2, -0.15) is 0 Å². The summed E-state index contributed by atoms with van der Waals surface area (Å²) in [6, 6.07) is 1.99. The highest BCUT2D eigenvalue weighted by molar-refractivity contribution is 5.99. The van der Waals surface area contributed by atoms with Crippen LogP contribution in [0, 0.1) is 0 Å². The lowest BCUT2D eigenvalue weighted by Gasteiger charge is -2.45. The smallest absolute Gasteiger partial charge is 0.229 e. The highest BCUT2D eigenvalue weighted by Gasteiger charge is 2.50. The fourth-order valence-corrected chi connectivity index (χ4v) is 3.73. The van der Waals surface area contributed by atoms with Gasteiger partial charge in [-0.3, -0.25) is 4.79 Å². The number of rotatable bonds is 6. The van der Waals surface area contributed by atoms with E-state index in [0.717, 1.165) is 19.1 Å². The number of carbonyl (C=O) groups excluding carboxylic acids is 1. The van der Waals surface area contributed by atoms with Crippen LogP contribution in [0.15, 0.2) is 12.1 Å². The molecule has 1 aromatic rings. The van der Waals surface area contributed by atoms with Crippen molar-refractivity contribution < 1.29 is 64.6 Å². The maximum atomic E-state index is 11.6. The second kappa shape index (κ2) is 10.0. The highest BCUT2D eigenvalue weighted by atomic mass is 16.8. The Morgan fingerprint density at radius 1 is 0.909 bits per heavy atom. The second-order valence-electron chi connectivity index (χ2n) is 8.00. The first-order valence-corrected chi connectivity index (χ1v) is 10.2. The lowest BCUT2D eigenvalue weighted by molar-refractivity contribution is -0.354. The average Bonchev–Trinajstić information content (AvgIpc) is 2.74. The quantitative estimate of drug-likeness (QED) is 0.197. The normalized spacial score (nSPS) is 39.3. The lowest BCUT2D eigenvalue weighted by atomic mass is 9.97. The van der Waals surface area contributed by atoms with E-state index in [1.807, 2.05) is 0 Å². The standard InChI is InChI=1S/C20H28O13/c1-6(22)12-9(23)3-8(4-10(12)24)31-20-18(16(28)14(26)11(5-21)32-20)33-19-17(29)15(27)13(25)7(2)30-19/h3-4,7,11,13-21,23-29H,5H2,1-2H3/t7-,11+,13-,14+,15+,16-,17+,18+,19-,20+/m0/s1. The largest absolute Gasteiger partial charge is 0.507 e. The monoisotopic (exact) mass is 476 g/mol. The number of phenols is 2. The van der Waals surface area contributed by atoms with Gasteiger partial charge in [0.1, 0.15) is 59.4 Å². The summed E-state index contributed by atoms with van der Waals surface area (Å²) in [4.78, 5) is 11.6. The molecule has 0 unspecified atom stereocenters. The summed E-state index contributed by atoms with van der Waals surface area (Å²) in [5, 5.41) is 80.4. The Balaban J connectivity index is 1.88. The number of aliphatic hydroxyl groups excluding tert-OH is 6. The Bertz CT molecular complexity index is 824. The van der Waals surface area contributed by atoms with Crippen LogP contribution in [0.3, 0.4) is 0 Å². The van der Waals surface area contributed by atoms with E-state index in [2.05, 4.69) is 0 Å². The second-order valence-corrected chi connectivity index (χ2v) is 8.00. The van der Waals surface area contributed by atoms with E-state index in [1.54, 1.807) is 0 Å². The molecule has 0 spiro atoms. The number of hydrogen-bond acceptors (Lipinski definition) is 13. The molecule has 10 atom stereocenters. The van der Waals surface area contributed by atoms with Gasteiger partial charge >= 0.3 is 0 Å². The molecule has 2 heterocycles. The third kappa shape index (κ3) is 5.06. The van der Waals surface area contributed by atoms with Crippen molar-refractivity contribution >= 4 is 5.78 Å². The highest BCUT2D eigenvalue weighted by Crippen LogP contribution is 2.35. The molecule has 186 valence electrons. The first kappa shape index (κ1) is 25.6. The first-order valence-electron chi connectivity index (χ1n) is 10.2. The van der Waals surface area contributed by atoms with Crippen molar-refractivity contribution in [3.8, 4) is 17.2 Å². The summed E-state index contributed by atoms with van der Waals surface area (Å²) < 4.78 is 21.9. The molecule has 0 saturated carbocycles. The molecule has 3 rings (SSSR count). The van der Waals surface area contributed by atoms with Gasteiger partial charge in [-0.1, -0.05) is 0 Å². The molecule has 33 heavy (non-hydrogen) atoms. The minimum atomic E-state index is -1.74. The topological polar surface area (TPSA) is 216 Å². The predicted octanol–water partition coefficient (Wildman–Crippen LogP) is -2.67. The molecule has 0 aliphatic carbocycles. The Hall–Kier alpha value is -2.07. The van der Waals surface area contributed by atoms with Gasteiger partial charge in [0.2, 0.25) is 6.29 Å². The fourth-order valence-electron chi connectivity index (χ4n) is 3.73. The van der Waals surface area contributed by atoms with Gasteiger partial charge in [0.25, 0.3) is 0 Å². The van der Waals surface area contributed by atoms with Gasteiger partial charge in [0, 0.05) is 12.1 Å². The van der Waals surface area contributed by atoms with E-state index in [4.69, 9.17) is 18.9 Å². The van der Waals surface area contributed by atoms with Gasteiger partial charge in [-0.25, -0.2) is 0 Å². The molecule has 0 amide bonds. The van der Waals surface area contributed by atoms with E-state index in [0.29, 0.717) is 0 Å². The Kier molecular flexibility index (Phi) is 7.78. The van der Waals surface area contributed by atoms with E-state index in [9.17, 15) is 45.6 Å². The maximum absolute atomic E-state index is 11.6. The van der Waals surface area contributed by atoms with Crippen molar-refractivity contribution in [2.75, 3.05) is 6.61 Å². The third-order valence-electron chi connectivity index (χ3n) is 5.60. The molecule has 13 heteroatoms. The van der Waals surface area contributed by atoms with E-state index in [-0.39, 0.29) is 11.3 Å². The first-order chi connectivity index (χ1) is 15.5. The number of benzene rings is 1. The maximum Gasteiger partial charge on any atom is 0.229 e. The summed E-state index contributed by atoms with van der Waals surface area (Å²) in [7, 11) is 0. The van der Waals surface area contributed by atoms with Crippen molar-refractivity contribution in [1.82, 2.24) is 0 Å². The van der Waals surface area contributed by atoms with E-state index >= 15 is 0 Å². The zero-order valence-electron chi connectivity index (χ0n) is 17.8. The summed E-state index contributed by atoms with van der Waals surface area (Å²) >= 11 is 0. The van der Waals surface area contributed by atoms with Gasteiger partial charge in [-0.05, 0) is 13.8 Å². The van der Waals surface area contributed by atoms with Crippen LogP contribution in [0.1, 0.15) is 24.2 Å². The molecule has 2 fully saturated rings. The van der Waals surface area contributed by atoms with Crippen LogP contribution in [0.5, 0.6) is 17.2 Å². The molecule has 13 nitrogen and oxygen atoms in total. The predicted molar refractivity (Wildman–Crippen MR) is 105 cm³/mol. The van der Waals surface area contributed by atoms with Crippen LogP contribution < -0.4 is 4.74 Å². The fraction of sp³-hybridized carbons (Fsp3) is 0.650. The molecule has 0 aromatic heterocycles. The number of Topliss-reactive ketones (excluding diaryl/α,β-unsaturated/α-hetero) is 1. The van der Waals surface area contributed by atoms with Gasteiger partial charge in [-0.15, -0.1) is 0 Å². The lowest BCUT2D eigenvalue weighted by Crippen LogP contribution is -2.64. The molecule has 0 radical (unpaired) electrons. The van der Waals surface area contributed by atoms with E-state index in [1.165, 1.54) is 6.92 Å². The van der Waals surface area contributed by atoms with Gasteiger partial charge in [0.15, 0.2) is 18.2 Å². The number of ketones is 1. The Labute approximate surface area is 187 Å². The van der Waals surface area contributed by atoms with Crippen LogP contribution in [-0.4, -0.2) is 115 Å².